The molecule has 0 aliphatic rings. The third kappa shape index (κ3) is 9.09. The molecule has 0 fully saturated rings. The first-order valence-corrected chi connectivity index (χ1v) is 24.8. The van der Waals surface area contributed by atoms with Crippen LogP contribution >= 0.6 is 0 Å². The molecule has 0 radical (unpaired) electrons. The summed E-state index contributed by atoms with van der Waals surface area (Å²) in [5.74, 6) is 1.48. The average Bonchev–Trinajstić information content (AvgIpc) is 4.10. The van der Waals surface area contributed by atoms with Crippen molar-refractivity contribution < 1.29 is 44.1 Å². The van der Waals surface area contributed by atoms with E-state index in [2.05, 4.69) is 129 Å². The van der Waals surface area contributed by atoms with Crippen molar-refractivity contribution in [2.45, 2.75) is 26.2 Å². The maximum absolute atomic E-state index is 9.08. The summed E-state index contributed by atoms with van der Waals surface area (Å²) in [5.41, 5.74) is 3.38. The predicted molar refractivity (Wildman–Crippen MR) is 288 cm³/mol. The first-order valence-electron chi connectivity index (χ1n) is 27.9. The van der Waals surface area contributed by atoms with Crippen LogP contribution < -0.4 is 29.4 Å². The van der Waals surface area contributed by atoms with E-state index in [0.717, 1.165) is 32.6 Å². The summed E-state index contributed by atoms with van der Waals surface area (Å²) in [6, 6.07) is 61.2. The van der Waals surface area contributed by atoms with E-state index in [9.17, 15) is 0 Å². The molecular formula is C64H50N4OPtSi-2. The van der Waals surface area contributed by atoms with Gasteiger partial charge in [-0.15, -0.1) is 30.3 Å². The van der Waals surface area contributed by atoms with Crippen LogP contribution in [0.15, 0.2) is 249 Å². The largest absolute Gasteiger partial charge is 0.510 e. The van der Waals surface area contributed by atoms with E-state index in [-0.39, 0.29) is 54.4 Å². The maximum atomic E-state index is 9.08. The monoisotopic (exact) mass is 1120 g/mol. The van der Waals surface area contributed by atoms with E-state index in [1.807, 2.05) is 79.0 Å². The molecule has 5 nitrogen and oxygen atoms in total. The number of imidazole rings is 1. The Morgan fingerprint density at radius 2 is 1.10 bits per heavy atom. The minimum Gasteiger partial charge on any atom is -0.510 e. The fourth-order valence-electron chi connectivity index (χ4n) is 9.14. The molecule has 0 aliphatic carbocycles. The van der Waals surface area contributed by atoms with Crippen molar-refractivity contribution in [2.24, 2.45) is 0 Å². The van der Waals surface area contributed by atoms with Gasteiger partial charge in [-0.25, -0.2) is 4.98 Å². The van der Waals surface area contributed by atoms with Gasteiger partial charge in [0.15, 0.2) is 0 Å². The van der Waals surface area contributed by atoms with E-state index in [4.69, 9.17) is 23.4 Å². The van der Waals surface area contributed by atoms with Crippen molar-refractivity contribution in [1.29, 1.82) is 0 Å². The summed E-state index contributed by atoms with van der Waals surface area (Å²) in [6.45, 7) is 6.58. The first kappa shape index (κ1) is 36.1. The molecule has 0 amide bonds. The topological polar surface area (TPSA) is 34.2 Å². The number of hydrogen-bond acceptors (Lipinski definition) is 3. The van der Waals surface area contributed by atoms with E-state index < -0.39 is 68.7 Å². The molecule has 11 rings (SSSR count). The van der Waals surface area contributed by atoms with Gasteiger partial charge in [-0.2, -0.15) is 18.2 Å². The molecule has 0 spiro atoms. The second-order valence-corrected chi connectivity index (χ2v) is 21.3. The maximum Gasteiger partial charge on any atom is 0.268 e. The van der Waals surface area contributed by atoms with Gasteiger partial charge >= 0.3 is 0 Å². The minimum absolute atomic E-state index is 0. The molecule has 348 valence electrons. The molecule has 7 heteroatoms. The van der Waals surface area contributed by atoms with Crippen LogP contribution in [0.4, 0.5) is 11.5 Å². The summed E-state index contributed by atoms with van der Waals surface area (Å²) in [7, 11) is -3.35. The summed E-state index contributed by atoms with van der Waals surface area (Å²) < 4.78 is 100. The predicted octanol–water partition coefficient (Wildman–Crippen LogP) is 12.9. The summed E-state index contributed by atoms with van der Waals surface area (Å²) in [4.78, 5) is 5.16. The Labute approximate surface area is 446 Å². The quantitative estimate of drug-likeness (QED) is 0.0529. The standard InChI is InChI=1S/C64H50N4OSi.Pt/c1-64(2,3)50-42-43-65-62(44-50)68(70(55-32-13-6-14-33-55,56-34-15-7-16-35-56)57-36-17-8-18-37-57)52-29-22-31-54(46-52)69-53-30-21-28-51(45-53)66-47-67(61-41-20-19-40-60(61)66)63-58(48-24-9-4-10-25-48)38-23-39-59(63)49-26-11-5-12-27-49;/h4-44H,1-3H3;/q-2;/i4D,5D,9D,10D,11D,12D,24D,25D,26D,27D;. The van der Waals surface area contributed by atoms with Gasteiger partial charge in [-0.05, 0) is 66.6 Å². The molecule has 2 aromatic heterocycles. The van der Waals surface area contributed by atoms with Gasteiger partial charge in [0.1, 0.15) is 5.82 Å². The summed E-state index contributed by atoms with van der Waals surface area (Å²) in [5, 5.41) is 3.39. The molecule has 0 unspecified atom stereocenters. The van der Waals surface area contributed by atoms with Crippen LogP contribution in [0.5, 0.6) is 11.5 Å². The fraction of sp³-hybridized carbons (Fsp3) is 0.0625. The summed E-state index contributed by atoms with van der Waals surface area (Å²) in [6.07, 6.45) is 5.31. The van der Waals surface area contributed by atoms with Crippen LogP contribution in [0.2, 0.25) is 0 Å². The molecule has 71 heavy (non-hydrogen) atoms. The van der Waals surface area contributed by atoms with Crippen molar-refractivity contribution >= 4 is 46.3 Å². The second kappa shape index (κ2) is 20.2. The molecule has 0 saturated heterocycles. The molecule has 2 heterocycles. The Kier molecular flexibility index (Phi) is 10.3. The normalized spacial score (nSPS) is 13.5. The van der Waals surface area contributed by atoms with Gasteiger partial charge < -0.3 is 13.9 Å². The zero-order chi connectivity index (χ0) is 56.2. The first-order chi connectivity index (χ1) is 38.5. The van der Waals surface area contributed by atoms with Gasteiger partial charge in [0.25, 0.3) is 14.6 Å². The van der Waals surface area contributed by atoms with Crippen LogP contribution in [0.3, 0.4) is 0 Å². The van der Waals surface area contributed by atoms with Gasteiger partial charge in [0.2, 0.25) is 0 Å². The molecule has 11 aromatic rings. The van der Waals surface area contributed by atoms with Crippen molar-refractivity contribution in [1.82, 2.24) is 9.55 Å². The Morgan fingerprint density at radius 3 is 1.68 bits per heavy atom. The van der Waals surface area contributed by atoms with Crippen LogP contribution in [0.1, 0.15) is 40.0 Å². The minimum atomic E-state index is -3.35. The molecule has 0 N–H and O–H groups in total. The summed E-state index contributed by atoms with van der Waals surface area (Å²) >= 11 is 0. The van der Waals surface area contributed by atoms with Crippen LogP contribution in [0, 0.1) is 18.5 Å². The Balaban J connectivity index is 0.00000736. The van der Waals surface area contributed by atoms with Gasteiger partial charge in [0, 0.05) is 38.8 Å². The average molecular weight is 1120 g/mol. The number of aromatic nitrogens is 3. The Bertz CT molecular complexity index is 3940. The number of nitrogens with zero attached hydrogens (tertiary/aromatic N) is 4. The molecule has 9 aromatic carbocycles. The van der Waals surface area contributed by atoms with Gasteiger partial charge in [0.05, 0.1) is 30.4 Å². The van der Waals surface area contributed by atoms with Gasteiger partial charge in [-0.3, -0.25) is 4.57 Å². The van der Waals surface area contributed by atoms with Crippen LogP contribution in [-0.2, 0) is 26.5 Å². The fourth-order valence-corrected chi connectivity index (χ4v) is 13.9. The van der Waals surface area contributed by atoms with Crippen molar-refractivity contribution in [2.75, 3.05) is 4.57 Å². The number of benzene rings is 9. The number of pyridine rings is 1. The third-order valence-electron chi connectivity index (χ3n) is 12.3. The second-order valence-electron chi connectivity index (χ2n) is 17.7. The van der Waals surface area contributed by atoms with Crippen molar-refractivity contribution in [3.63, 3.8) is 0 Å². The van der Waals surface area contributed by atoms with E-state index in [1.165, 1.54) is 0 Å². The Morgan fingerprint density at radius 1 is 0.577 bits per heavy atom. The van der Waals surface area contributed by atoms with Crippen LogP contribution in [0.25, 0.3) is 44.7 Å². The molecular weight excluding hydrogens is 1060 g/mol. The molecule has 0 bridgehead atoms. The van der Waals surface area contributed by atoms with E-state index in [1.54, 1.807) is 33.4 Å². The third-order valence-corrected chi connectivity index (χ3v) is 17.0. The number of rotatable bonds is 12. The number of anilines is 2. The van der Waals surface area contributed by atoms with Crippen LogP contribution in [-0.4, -0.2) is 17.8 Å². The number of para-hydroxylation sites is 3. The number of fused-ring (bicyclic) bond motifs is 1. The Hall–Kier alpha value is -7.89. The number of hydrogen-bond donors (Lipinski definition) is 0. The van der Waals surface area contributed by atoms with E-state index >= 15 is 0 Å². The smallest absolute Gasteiger partial charge is 0.268 e. The zero-order valence-corrected chi connectivity index (χ0v) is 42.2. The molecule has 0 saturated carbocycles. The van der Waals surface area contributed by atoms with Crippen molar-refractivity contribution in [3.8, 4) is 45.1 Å². The molecule has 0 atom stereocenters. The number of ether oxygens (including phenoxy) is 1. The molecule has 0 aliphatic heterocycles. The zero-order valence-electron chi connectivity index (χ0n) is 48.9. The van der Waals surface area contributed by atoms with Gasteiger partial charge in [-0.1, -0.05) is 220 Å². The van der Waals surface area contributed by atoms with Crippen molar-refractivity contribution in [3.05, 3.63) is 273 Å². The SMILES string of the molecule is [2H]c1c([2H])c([2H])c(-c2cccc(-c3c([2H])c([2H])c([2H])c([2H])c3[2H])c2-[n+]2[c-]n(-c3[c-]c(Oc4[c-]c(N(c5cc(C(C)(C)C)ccn5)[Si](c5ccccc5)(c5ccccc5)c5ccccc5)ccc4)ccc3)c3ccccc32)c([2H])c1[2H].[Pt]. The van der Waals surface area contributed by atoms with E-state index in [0.29, 0.717) is 28.2 Å².